The van der Waals surface area contributed by atoms with Crippen LogP contribution in [0.1, 0.15) is 29.8 Å². The van der Waals surface area contributed by atoms with Gasteiger partial charge in [0.25, 0.3) is 5.91 Å². The van der Waals surface area contributed by atoms with Gasteiger partial charge in [-0.3, -0.25) is 9.59 Å². The average Bonchev–Trinajstić information content (AvgIpc) is 2.66. The molecule has 6 heteroatoms. The molecule has 0 aromatic heterocycles. The zero-order valence-electron chi connectivity index (χ0n) is 15.4. The third kappa shape index (κ3) is 5.95. The van der Waals surface area contributed by atoms with Gasteiger partial charge in [0.1, 0.15) is 12.1 Å². The number of benzene rings is 2. The van der Waals surface area contributed by atoms with Crippen molar-refractivity contribution in [1.29, 1.82) is 0 Å². The summed E-state index contributed by atoms with van der Waals surface area (Å²) in [6.07, 6.45) is 0.260. The molecule has 2 aromatic rings. The number of rotatable bonds is 8. The molecule has 3 N–H and O–H groups in total. The lowest BCUT2D eigenvalue weighted by Gasteiger charge is -2.23. The first-order chi connectivity index (χ1) is 12.9. The van der Waals surface area contributed by atoms with Crippen LogP contribution in [0.15, 0.2) is 60.7 Å². The van der Waals surface area contributed by atoms with Crippen LogP contribution in [-0.4, -0.2) is 35.0 Å². The first-order valence-electron chi connectivity index (χ1n) is 8.81. The van der Waals surface area contributed by atoms with Crippen LogP contribution in [0.25, 0.3) is 0 Å². The zero-order chi connectivity index (χ0) is 19.8. The van der Waals surface area contributed by atoms with Crippen molar-refractivity contribution in [3.8, 4) is 0 Å². The Balaban J connectivity index is 2.19. The number of carboxylic acids is 1. The molecule has 2 aromatic carbocycles. The molecule has 27 heavy (non-hydrogen) atoms. The summed E-state index contributed by atoms with van der Waals surface area (Å²) in [4.78, 5) is 36.6. The number of carboxylic acid groups (broad SMARTS) is 1. The van der Waals surface area contributed by atoms with E-state index in [1.54, 1.807) is 44.2 Å². The van der Waals surface area contributed by atoms with Crippen LogP contribution in [0, 0.1) is 5.92 Å². The normalized spacial score (nSPS) is 12.9. The van der Waals surface area contributed by atoms with E-state index in [0.29, 0.717) is 5.56 Å². The Kier molecular flexibility index (Phi) is 7.11. The highest BCUT2D eigenvalue weighted by molar-refractivity contribution is 5.98. The molecule has 2 unspecified atom stereocenters. The van der Waals surface area contributed by atoms with E-state index in [1.807, 2.05) is 30.3 Å². The molecule has 2 amide bonds. The number of carbonyl (C=O) groups is 3. The maximum absolute atomic E-state index is 12.7. The van der Waals surface area contributed by atoms with Gasteiger partial charge in [0, 0.05) is 12.0 Å². The number of hydrogen-bond donors (Lipinski definition) is 3. The first-order valence-corrected chi connectivity index (χ1v) is 8.81. The lowest BCUT2D eigenvalue weighted by molar-refractivity contribution is -0.143. The molecular formula is C21H24N2O4. The molecule has 0 spiro atoms. The minimum Gasteiger partial charge on any atom is -0.480 e. The smallest absolute Gasteiger partial charge is 0.326 e. The Hall–Kier alpha value is -3.15. The molecule has 0 bridgehead atoms. The van der Waals surface area contributed by atoms with Crippen LogP contribution in [0.2, 0.25) is 0 Å². The molecule has 2 rings (SSSR count). The van der Waals surface area contributed by atoms with Crippen LogP contribution in [0.4, 0.5) is 0 Å². The van der Waals surface area contributed by atoms with Gasteiger partial charge < -0.3 is 15.7 Å². The van der Waals surface area contributed by atoms with E-state index in [9.17, 15) is 19.5 Å². The summed E-state index contributed by atoms with van der Waals surface area (Å²) in [5, 5.41) is 14.6. The van der Waals surface area contributed by atoms with Gasteiger partial charge in [-0.15, -0.1) is 0 Å². The van der Waals surface area contributed by atoms with Crippen LogP contribution >= 0.6 is 0 Å². The number of amides is 2. The fraction of sp³-hybridized carbons (Fsp3) is 0.286. The van der Waals surface area contributed by atoms with Crippen molar-refractivity contribution in [2.45, 2.75) is 32.4 Å². The van der Waals surface area contributed by atoms with Gasteiger partial charge >= 0.3 is 5.97 Å². The first kappa shape index (κ1) is 20.2. The number of aliphatic carboxylic acids is 1. The van der Waals surface area contributed by atoms with Crippen molar-refractivity contribution in [3.63, 3.8) is 0 Å². The van der Waals surface area contributed by atoms with Crippen LogP contribution in [0.3, 0.4) is 0 Å². The number of nitrogens with one attached hydrogen (secondary N) is 2. The quantitative estimate of drug-likeness (QED) is 0.666. The molecule has 0 aliphatic rings. The molecule has 0 aliphatic carbocycles. The molecule has 0 heterocycles. The Morgan fingerprint density at radius 2 is 1.44 bits per heavy atom. The summed E-state index contributed by atoms with van der Waals surface area (Å²) in [5.74, 6) is -2.30. The predicted octanol–water partition coefficient (Wildman–Crippen LogP) is 2.25. The van der Waals surface area contributed by atoms with Gasteiger partial charge in [0.05, 0.1) is 0 Å². The Morgan fingerprint density at radius 1 is 0.889 bits per heavy atom. The second kappa shape index (κ2) is 9.52. The summed E-state index contributed by atoms with van der Waals surface area (Å²) in [7, 11) is 0. The summed E-state index contributed by atoms with van der Waals surface area (Å²) in [5.41, 5.74) is 1.30. The van der Waals surface area contributed by atoms with Crippen molar-refractivity contribution in [2.24, 2.45) is 5.92 Å². The SMILES string of the molecule is CC(C)C(NC(=O)C(Cc1ccccc1)NC(=O)c1ccccc1)C(=O)O. The van der Waals surface area contributed by atoms with E-state index in [0.717, 1.165) is 5.56 Å². The molecule has 6 nitrogen and oxygen atoms in total. The Labute approximate surface area is 158 Å². The summed E-state index contributed by atoms with van der Waals surface area (Å²) >= 11 is 0. The minimum absolute atomic E-state index is 0.260. The topological polar surface area (TPSA) is 95.5 Å². The van der Waals surface area contributed by atoms with Gasteiger partial charge in [-0.25, -0.2) is 4.79 Å². The summed E-state index contributed by atoms with van der Waals surface area (Å²) < 4.78 is 0. The van der Waals surface area contributed by atoms with Crippen molar-refractivity contribution >= 4 is 17.8 Å². The highest BCUT2D eigenvalue weighted by atomic mass is 16.4. The Morgan fingerprint density at radius 3 is 1.96 bits per heavy atom. The highest BCUT2D eigenvalue weighted by Crippen LogP contribution is 2.08. The lowest BCUT2D eigenvalue weighted by Crippen LogP contribution is -2.53. The third-order valence-electron chi connectivity index (χ3n) is 4.17. The van der Waals surface area contributed by atoms with E-state index in [-0.39, 0.29) is 18.2 Å². The van der Waals surface area contributed by atoms with E-state index in [1.165, 1.54) is 0 Å². The fourth-order valence-electron chi connectivity index (χ4n) is 2.66. The van der Waals surface area contributed by atoms with Crippen molar-refractivity contribution in [2.75, 3.05) is 0 Å². The zero-order valence-corrected chi connectivity index (χ0v) is 15.4. The van der Waals surface area contributed by atoms with Crippen LogP contribution in [-0.2, 0) is 16.0 Å². The molecule has 0 aliphatic heterocycles. The second-order valence-corrected chi connectivity index (χ2v) is 6.65. The van der Waals surface area contributed by atoms with Crippen molar-refractivity contribution in [1.82, 2.24) is 10.6 Å². The van der Waals surface area contributed by atoms with Gasteiger partial charge in [-0.2, -0.15) is 0 Å². The predicted molar refractivity (Wildman–Crippen MR) is 102 cm³/mol. The number of carbonyl (C=O) groups excluding carboxylic acids is 2. The third-order valence-corrected chi connectivity index (χ3v) is 4.17. The highest BCUT2D eigenvalue weighted by Gasteiger charge is 2.28. The standard InChI is InChI=1S/C21H24N2O4/c1-14(2)18(21(26)27)23-20(25)17(13-15-9-5-3-6-10-15)22-19(24)16-11-7-4-8-12-16/h3-12,14,17-18H,13H2,1-2H3,(H,22,24)(H,23,25)(H,26,27). The molecule has 0 fully saturated rings. The second-order valence-electron chi connectivity index (χ2n) is 6.65. The van der Waals surface area contributed by atoms with E-state index < -0.39 is 24.0 Å². The fourth-order valence-corrected chi connectivity index (χ4v) is 2.66. The minimum atomic E-state index is -1.11. The van der Waals surface area contributed by atoms with Gasteiger partial charge in [-0.1, -0.05) is 62.4 Å². The summed E-state index contributed by atoms with van der Waals surface area (Å²) in [6, 6.07) is 15.9. The van der Waals surface area contributed by atoms with Gasteiger partial charge in [0.15, 0.2) is 0 Å². The van der Waals surface area contributed by atoms with Gasteiger partial charge in [0.2, 0.25) is 5.91 Å². The van der Waals surface area contributed by atoms with E-state index in [2.05, 4.69) is 10.6 Å². The molecular weight excluding hydrogens is 344 g/mol. The maximum atomic E-state index is 12.7. The monoisotopic (exact) mass is 368 g/mol. The molecule has 142 valence electrons. The van der Waals surface area contributed by atoms with E-state index >= 15 is 0 Å². The summed E-state index contributed by atoms with van der Waals surface area (Å²) in [6.45, 7) is 3.43. The Bertz CT molecular complexity index is 775. The number of hydrogen-bond acceptors (Lipinski definition) is 3. The van der Waals surface area contributed by atoms with Crippen molar-refractivity contribution < 1.29 is 19.5 Å². The molecule has 2 atom stereocenters. The van der Waals surface area contributed by atoms with Gasteiger partial charge in [-0.05, 0) is 23.6 Å². The van der Waals surface area contributed by atoms with Crippen molar-refractivity contribution in [3.05, 3.63) is 71.8 Å². The van der Waals surface area contributed by atoms with Crippen LogP contribution in [0.5, 0.6) is 0 Å². The average molecular weight is 368 g/mol. The maximum Gasteiger partial charge on any atom is 0.326 e. The molecule has 0 saturated carbocycles. The molecule has 0 saturated heterocycles. The largest absolute Gasteiger partial charge is 0.480 e. The van der Waals surface area contributed by atoms with Crippen LogP contribution < -0.4 is 10.6 Å². The van der Waals surface area contributed by atoms with E-state index in [4.69, 9.17) is 0 Å². The lowest BCUT2D eigenvalue weighted by atomic mass is 10.0. The molecule has 0 radical (unpaired) electrons.